The normalized spacial score (nSPS) is 13.0. The first kappa shape index (κ1) is 15.2. The molecule has 0 saturated heterocycles. The molecule has 0 fully saturated rings. The van der Waals surface area contributed by atoms with Crippen LogP contribution in [0.25, 0.3) is 6.08 Å². The van der Waals surface area contributed by atoms with E-state index in [0.717, 1.165) is 5.75 Å². The van der Waals surface area contributed by atoms with Crippen LogP contribution in [0.4, 0.5) is 0 Å². The van der Waals surface area contributed by atoms with Crippen LogP contribution >= 0.6 is 0 Å². The standard InChI is InChI=1S/C14H24O2Si2/c1-15-14-9-7-13(8-10-14)11-12-18(5,6)16-17(2,3)4/h7-12H,1-6H3/b12-11-. The maximum Gasteiger partial charge on any atom is 0.198 e. The molecular weight excluding hydrogens is 256 g/mol. The molecule has 0 aliphatic carbocycles. The molecule has 1 rings (SSSR count). The topological polar surface area (TPSA) is 18.5 Å². The van der Waals surface area contributed by atoms with Gasteiger partial charge in [-0.3, -0.25) is 0 Å². The predicted octanol–water partition coefficient (Wildman–Crippen LogP) is 4.30. The van der Waals surface area contributed by atoms with Gasteiger partial charge < -0.3 is 8.85 Å². The Bertz CT molecular complexity index is 403. The highest BCUT2D eigenvalue weighted by Crippen LogP contribution is 2.18. The molecule has 0 spiro atoms. The lowest BCUT2D eigenvalue weighted by Gasteiger charge is -2.28. The molecule has 0 unspecified atom stereocenters. The number of methoxy groups -OCH3 is 1. The Balaban J connectivity index is 2.72. The molecule has 0 aliphatic rings. The third-order valence-electron chi connectivity index (χ3n) is 2.36. The fourth-order valence-corrected chi connectivity index (χ4v) is 9.01. The molecule has 1 aromatic rings. The van der Waals surface area contributed by atoms with Crippen LogP contribution in [0, 0.1) is 0 Å². The Kier molecular flexibility index (Phi) is 4.95. The van der Waals surface area contributed by atoms with Crippen LogP contribution < -0.4 is 4.74 Å². The van der Waals surface area contributed by atoms with Crippen LogP contribution in [0.2, 0.25) is 32.7 Å². The zero-order chi connectivity index (χ0) is 13.8. The van der Waals surface area contributed by atoms with E-state index in [0.29, 0.717) is 0 Å². The first-order chi connectivity index (χ1) is 8.22. The van der Waals surface area contributed by atoms with Gasteiger partial charge in [0.2, 0.25) is 0 Å². The van der Waals surface area contributed by atoms with Crippen molar-refractivity contribution in [3.8, 4) is 5.75 Å². The summed E-state index contributed by atoms with van der Waals surface area (Å²) < 4.78 is 11.4. The SMILES string of the molecule is COc1ccc(/C=C\[Si](C)(C)O[Si](C)(C)C)cc1. The van der Waals surface area contributed by atoms with E-state index in [1.54, 1.807) is 7.11 Å². The minimum absolute atomic E-state index is 0.891. The second kappa shape index (κ2) is 5.86. The molecule has 1 aromatic carbocycles. The van der Waals surface area contributed by atoms with Gasteiger partial charge >= 0.3 is 0 Å². The second-order valence-corrected chi connectivity index (χ2v) is 14.5. The van der Waals surface area contributed by atoms with Crippen LogP contribution in [0.15, 0.2) is 30.0 Å². The Morgan fingerprint density at radius 3 is 1.94 bits per heavy atom. The van der Waals surface area contributed by atoms with Crippen molar-refractivity contribution in [1.29, 1.82) is 0 Å². The highest BCUT2D eigenvalue weighted by Gasteiger charge is 2.26. The fourth-order valence-electron chi connectivity index (χ4n) is 1.84. The average molecular weight is 281 g/mol. The van der Waals surface area contributed by atoms with Crippen LogP contribution in [0.3, 0.4) is 0 Å². The molecule has 0 aromatic heterocycles. The van der Waals surface area contributed by atoms with Gasteiger partial charge in [0.05, 0.1) is 7.11 Å². The summed E-state index contributed by atoms with van der Waals surface area (Å²) in [6.07, 6.45) is 2.16. The van der Waals surface area contributed by atoms with Crippen molar-refractivity contribution in [2.45, 2.75) is 32.7 Å². The van der Waals surface area contributed by atoms with E-state index in [1.165, 1.54) is 5.56 Å². The quantitative estimate of drug-likeness (QED) is 0.749. The highest BCUT2D eigenvalue weighted by atomic mass is 28.4. The van der Waals surface area contributed by atoms with Gasteiger partial charge in [0, 0.05) is 0 Å². The smallest absolute Gasteiger partial charge is 0.198 e. The molecule has 0 saturated carbocycles. The van der Waals surface area contributed by atoms with E-state index >= 15 is 0 Å². The van der Waals surface area contributed by atoms with Gasteiger partial charge in [0.1, 0.15) is 5.75 Å². The number of hydrogen-bond donors (Lipinski definition) is 0. The number of benzene rings is 1. The van der Waals surface area contributed by atoms with Crippen molar-refractivity contribution in [2.75, 3.05) is 7.11 Å². The van der Waals surface area contributed by atoms with E-state index in [-0.39, 0.29) is 0 Å². The van der Waals surface area contributed by atoms with Crippen molar-refractivity contribution < 1.29 is 8.85 Å². The summed E-state index contributed by atoms with van der Waals surface area (Å²) in [5.41, 5.74) is 3.45. The lowest BCUT2D eigenvalue weighted by atomic mass is 10.2. The maximum atomic E-state index is 6.26. The number of rotatable bonds is 5. The minimum atomic E-state index is -1.69. The third-order valence-corrected chi connectivity index (χ3v) is 7.89. The third kappa shape index (κ3) is 5.66. The zero-order valence-corrected chi connectivity index (χ0v) is 14.3. The molecule has 0 atom stereocenters. The molecule has 0 amide bonds. The Morgan fingerprint density at radius 1 is 0.944 bits per heavy atom. The van der Waals surface area contributed by atoms with Gasteiger partial charge in [-0.05, 0) is 50.4 Å². The molecular formula is C14H24O2Si2. The van der Waals surface area contributed by atoms with Crippen LogP contribution in [0.5, 0.6) is 5.75 Å². The van der Waals surface area contributed by atoms with Crippen LogP contribution in [-0.4, -0.2) is 23.7 Å². The summed E-state index contributed by atoms with van der Waals surface area (Å²) in [5.74, 6) is 0.891. The van der Waals surface area contributed by atoms with Gasteiger partial charge in [0.15, 0.2) is 16.6 Å². The first-order valence-electron chi connectivity index (χ1n) is 6.25. The van der Waals surface area contributed by atoms with E-state index in [1.807, 2.05) is 12.1 Å². The lowest BCUT2D eigenvalue weighted by molar-refractivity contribution is 0.415. The van der Waals surface area contributed by atoms with Crippen molar-refractivity contribution in [2.24, 2.45) is 0 Å². The van der Waals surface area contributed by atoms with E-state index in [9.17, 15) is 0 Å². The van der Waals surface area contributed by atoms with Gasteiger partial charge in [-0.1, -0.05) is 23.9 Å². The fraction of sp³-hybridized carbons (Fsp3) is 0.429. The van der Waals surface area contributed by atoms with E-state index < -0.39 is 16.6 Å². The summed E-state index contributed by atoms with van der Waals surface area (Å²) >= 11 is 0. The van der Waals surface area contributed by atoms with Gasteiger partial charge in [-0.2, -0.15) is 0 Å². The average Bonchev–Trinajstić information content (AvgIpc) is 2.24. The molecule has 0 aliphatic heterocycles. The maximum absolute atomic E-state index is 6.26. The van der Waals surface area contributed by atoms with E-state index in [4.69, 9.17) is 8.85 Å². The van der Waals surface area contributed by atoms with Gasteiger partial charge in [-0.15, -0.1) is 0 Å². The van der Waals surface area contributed by atoms with Crippen molar-refractivity contribution in [1.82, 2.24) is 0 Å². The van der Waals surface area contributed by atoms with Crippen molar-refractivity contribution >= 4 is 22.7 Å². The van der Waals surface area contributed by atoms with Gasteiger partial charge in [-0.25, -0.2) is 0 Å². The number of ether oxygens (including phenoxy) is 1. The molecule has 0 bridgehead atoms. The van der Waals surface area contributed by atoms with Crippen LogP contribution in [0.1, 0.15) is 5.56 Å². The summed E-state index contributed by atoms with van der Waals surface area (Å²) in [6.45, 7) is 11.2. The van der Waals surface area contributed by atoms with Crippen molar-refractivity contribution in [3.05, 3.63) is 35.5 Å². The Labute approximate surface area is 113 Å². The summed E-state index contributed by atoms with van der Waals surface area (Å²) in [5, 5.41) is 0. The Morgan fingerprint density at radius 2 is 1.50 bits per heavy atom. The molecule has 0 N–H and O–H groups in total. The molecule has 0 radical (unpaired) electrons. The highest BCUT2D eigenvalue weighted by molar-refractivity contribution is 6.87. The minimum Gasteiger partial charge on any atom is -0.497 e. The van der Waals surface area contributed by atoms with Crippen molar-refractivity contribution in [3.63, 3.8) is 0 Å². The molecule has 0 heterocycles. The monoisotopic (exact) mass is 280 g/mol. The van der Waals surface area contributed by atoms with Crippen LogP contribution in [-0.2, 0) is 4.12 Å². The van der Waals surface area contributed by atoms with E-state index in [2.05, 4.69) is 56.6 Å². The van der Waals surface area contributed by atoms with Gasteiger partial charge in [0.25, 0.3) is 0 Å². The lowest BCUT2D eigenvalue weighted by Crippen LogP contribution is -2.40. The first-order valence-corrected chi connectivity index (χ1v) is 12.6. The molecule has 4 heteroatoms. The largest absolute Gasteiger partial charge is 0.497 e. The molecule has 18 heavy (non-hydrogen) atoms. The number of hydrogen-bond acceptors (Lipinski definition) is 2. The molecule has 100 valence electrons. The predicted molar refractivity (Wildman–Crippen MR) is 83.9 cm³/mol. The summed E-state index contributed by atoms with van der Waals surface area (Å²) in [7, 11) is -1.47. The summed E-state index contributed by atoms with van der Waals surface area (Å²) in [4.78, 5) is 0. The molecule has 2 nitrogen and oxygen atoms in total. The second-order valence-electron chi connectivity index (χ2n) is 5.92. The Hall–Kier alpha value is -0.846. The summed E-state index contributed by atoms with van der Waals surface area (Å²) in [6, 6.07) is 8.09. The zero-order valence-electron chi connectivity index (χ0n) is 12.3.